The highest BCUT2D eigenvalue weighted by Gasteiger charge is 2.40. The molecule has 2 fully saturated rings. The molecule has 0 radical (unpaired) electrons. The van der Waals surface area contributed by atoms with E-state index in [1.807, 2.05) is 53.4 Å². The van der Waals surface area contributed by atoms with Gasteiger partial charge < -0.3 is 19.3 Å². The quantitative estimate of drug-likeness (QED) is 0.148. The number of carboxylic acid groups (broad SMARTS) is 1. The predicted octanol–water partition coefficient (Wildman–Crippen LogP) is 2.82. The van der Waals surface area contributed by atoms with Gasteiger partial charge in [-0.3, -0.25) is 9.69 Å². The Morgan fingerprint density at radius 3 is 2.39 bits per heavy atom. The van der Waals surface area contributed by atoms with E-state index < -0.39 is 23.9 Å². The highest BCUT2D eigenvalue weighted by molar-refractivity contribution is 6.11. The number of ether oxygens (including phenoxy) is 3. The third-order valence-corrected chi connectivity index (χ3v) is 6.85. The molecule has 202 valence electrons. The Labute approximate surface area is 222 Å². The Balaban J connectivity index is 1.55. The summed E-state index contributed by atoms with van der Waals surface area (Å²) in [5, 5.41) is 9.03. The molecule has 9 nitrogen and oxygen atoms in total. The van der Waals surface area contributed by atoms with Gasteiger partial charge in [-0.25, -0.2) is 14.5 Å². The highest BCUT2D eigenvalue weighted by Crippen LogP contribution is 2.33. The molecule has 0 aliphatic carbocycles. The van der Waals surface area contributed by atoms with Crippen molar-refractivity contribution in [1.29, 1.82) is 0 Å². The molecular formula is C29H34N2O7. The van der Waals surface area contributed by atoms with Gasteiger partial charge in [0, 0.05) is 38.3 Å². The van der Waals surface area contributed by atoms with Gasteiger partial charge >= 0.3 is 11.9 Å². The van der Waals surface area contributed by atoms with Crippen molar-refractivity contribution in [3.63, 3.8) is 0 Å². The summed E-state index contributed by atoms with van der Waals surface area (Å²) < 4.78 is 17.3. The molecule has 9 heteroatoms. The van der Waals surface area contributed by atoms with Crippen LogP contribution in [-0.4, -0.2) is 85.0 Å². The number of aldehydes is 1. The molecule has 38 heavy (non-hydrogen) atoms. The molecule has 2 aromatic carbocycles. The maximum Gasteiger partial charge on any atom is 0.345 e. The third-order valence-electron chi connectivity index (χ3n) is 6.85. The van der Waals surface area contributed by atoms with Gasteiger partial charge in [0.15, 0.2) is 6.29 Å². The number of morpholine rings is 1. The number of carbonyl (C=O) groups is 3. The smallest absolute Gasteiger partial charge is 0.345 e. The first kappa shape index (κ1) is 27.7. The molecule has 0 bridgehead atoms. The number of carbonyl (C=O) groups excluding carboxylic acids is 2. The van der Waals surface area contributed by atoms with Gasteiger partial charge in [-0.1, -0.05) is 60.7 Å². The molecule has 4 rings (SSSR count). The number of benzene rings is 2. The number of aryl methyl sites for hydroxylation is 1. The minimum atomic E-state index is -1.40. The summed E-state index contributed by atoms with van der Waals surface area (Å²) in [7, 11) is 0. The number of hydrogen-bond donors (Lipinski definition) is 1. The SMILES string of the molecule is O=C/C(=C\C(=O)O)C(=O)OC1OC(CCc2ccccc2)CN1C(CCN1CCOCC1)c1ccccc1. The van der Waals surface area contributed by atoms with Crippen molar-refractivity contribution in [2.75, 3.05) is 39.4 Å². The van der Waals surface area contributed by atoms with E-state index in [1.165, 1.54) is 5.56 Å². The van der Waals surface area contributed by atoms with Gasteiger partial charge in [0.25, 0.3) is 6.41 Å². The van der Waals surface area contributed by atoms with Gasteiger partial charge in [0.2, 0.25) is 0 Å². The van der Waals surface area contributed by atoms with Crippen molar-refractivity contribution in [2.24, 2.45) is 0 Å². The van der Waals surface area contributed by atoms with E-state index >= 15 is 0 Å². The Bertz CT molecular complexity index is 1090. The lowest BCUT2D eigenvalue weighted by Gasteiger charge is -2.34. The molecule has 0 aromatic heterocycles. The average molecular weight is 523 g/mol. The molecule has 2 aromatic rings. The topological polar surface area (TPSA) is 106 Å². The average Bonchev–Trinajstić information content (AvgIpc) is 3.34. The Kier molecular flexibility index (Phi) is 10.2. The number of hydrogen-bond acceptors (Lipinski definition) is 8. The van der Waals surface area contributed by atoms with Crippen LogP contribution in [0.5, 0.6) is 0 Å². The van der Waals surface area contributed by atoms with Crippen LogP contribution in [0.25, 0.3) is 0 Å². The minimum Gasteiger partial charge on any atom is -0.478 e. The van der Waals surface area contributed by atoms with E-state index in [9.17, 15) is 14.4 Å². The van der Waals surface area contributed by atoms with Gasteiger partial charge in [0.1, 0.15) is 5.57 Å². The fraction of sp³-hybridized carbons (Fsp3) is 0.414. The summed E-state index contributed by atoms with van der Waals surface area (Å²) in [5.74, 6) is -2.43. The molecule has 3 atom stereocenters. The maximum absolute atomic E-state index is 12.7. The van der Waals surface area contributed by atoms with Gasteiger partial charge in [-0.05, 0) is 30.4 Å². The first-order valence-corrected chi connectivity index (χ1v) is 12.9. The summed E-state index contributed by atoms with van der Waals surface area (Å²) in [6.45, 7) is 4.47. The van der Waals surface area contributed by atoms with Gasteiger partial charge in [-0.15, -0.1) is 0 Å². The van der Waals surface area contributed by atoms with Crippen molar-refractivity contribution >= 4 is 18.2 Å². The van der Waals surface area contributed by atoms with E-state index in [0.717, 1.165) is 38.0 Å². The van der Waals surface area contributed by atoms with Crippen molar-refractivity contribution in [3.8, 4) is 0 Å². The molecule has 2 aliphatic heterocycles. The Hall–Kier alpha value is -3.37. The molecule has 2 saturated heterocycles. The third kappa shape index (κ3) is 7.82. The second-order valence-corrected chi connectivity index (χ2v) is 9.42. The number of rotatable bonds is 12. The molecule has 2 aliphatic rings. The second kappa shape index (κ2) is 14.0. The minimum absolute atomic E-state index is 0.123. The fourth-order valence-electron chi connectivity index (χ4n) is 4.87. The van der Waals surface area contributed by atoms with Crippen LogP contribution >= 0.6 is 0 Å². The van der Waals surface area contributed by atoms with E-state index in [0.29, 0.717) is 32.3 Å². The largest absolute Gasteiger partial charge is 0.478 e. The highest BCUT2D eigenvalue weighted by atomic mass is 16.7. The summed E-state index contributed by atoms with van der Waals surface area (Å²) in [4.78, 5) is 39.6. The lowest BCUT2D eigenvalue weighted by molar-refractivity contribution is -0.202. The summed E-state index contributed by atoms with van der Waals surface area (Å²) in [5.41, 5.74) is 1.67. The maximum atomic E-state index is 12.7. The van der Waals surface area contributed by atoms with E-state index in [4.69, 9.17) is 19.3 Å². The van der Waals surface area contributed by atoms with Crippen molar-refractivity contribution in [2.45, 2.75) is 37.8 Å². The zero-order valence-electron chi connectivity index (χ0n) is 21.3. The van der Waals surface area contributed by atoms with E-state index in [2.05, 4.69) is 17.0 Å². The van der Waals surface area contributed by atoms with Crippen LogP contribution in [0.3, 0.4) is 0 Å². The second-order valence-electron chi connectivity index (χ2n) is 9.42. The van der Waals surface area contributed by atoms with Crippen LogP contribution in [0, 0.1) is 0 Å². The zero-order chi connectivity index (χ0) is 26.7. The summed E-state index contributed by atoms with van der Waals surface area (Å²) in [6.07, 6.45) is 1.73. The van der Waals surface area contributed by atoms with Crippen LogP contribution in [0.15, 0.2) is 72.3 Å². The predicted molar refractivity (Wildman–Crippen MR) is 139 cm³/mol. The van der Waals surface area contributed by atoms with Crippen LogP contribution in [0.2, 0.25) is 0 Å². The van der Waals surface area contributed by atoms with Crippen molar-refractivity contribution < 1.29 is 33.7 Å². The number of nitrogens with zero attached hydrogens (tertiary/aromatic N) is 2. The summed E-state index contributed by atoms with van der Waals surface area (Å²) in [6, 6.07) is 20.0. The number of aliphatic carboxylic acids is 1. The van der Waals surface area contributed by atoms with E-state index in [1.54, 1.807) is 0 Å². The lowest BCUT2D eigenvalue weighted by atomic mass is 10.0. The van der Waals surface area contributed by atoms with Crippen LogP contribution in [0.4, 0.5) is 0 Å². The van der Waals surface area contributed by atoms with Crippen LogP contribution in [0.1, 0.15) is 30.0 Å². The molecule has 0 saturated carbocycles. The summed E-state index contributed by atoms with van der Waals surface area (Å²) >= 11 is 0. The molecule has 0 spiro atoms. The number of esters is 1. The Morgan fingerprint density at radius 2 is 1.74 bits per heavy atom. The number of carboxylic acids is 1. The molecule has 1 N–H and O–H groups in total. The lowest BCUT2D eigenvalue weighted by Crippen LogP contribution is -2.41. The van der Waals surface area contributed by atoms with Gasteiger partial charge in [0.05, 0.1) is 19.3 Å². The van der Waals surface area contributed by atoms with Crippen molar-refractivity contribution in [1.82, 2.24) is 9.80 Å². The van der Waals surface area contributed by atoms with Crippen LogP contribution < -0.4 is 0 Å². The Morgan fingerprint density at radius 1 is 1.05 bits per heavy atom. The van der Waals surface area contributed by atoms with E-state index in [-0.39, 0.29) is 18.4 Å². The fourth-order valence-corrected chi connectivity index (χ4v) is 4.87. The molecule has 2 heterocycles. The zero-order valence-corrected chi connectivity index (χ0v) is 21.3. The first-order valence-electron chi connectivity index (χ1n) is 12.9. The normalized spacial score (nSPS) is 21.6. The van der Waals surface area contributed by atoms with Crippen molar-refractivity contribution in [3.05, 3.63) is 83.4 Å². The first-order chi connectivity index (χ1) is 18.5. The molecule has 3 unspecified atom stereocenters. The monoisotopic (exact) mass is 522 g/mol. The molecular weight excluding hydrogens is 488 g/mol. The van der Waals surface area contributed by atoms with Crippen LogP contribution in [-0.2, 0) is 35.0 Å². The van der Waals surface area contributed by atoms with Gasteiger partial charge in [-0.2, -0.15) is 0 Å². The standard InChI is InChI=1S/C29H34N2O7/c32-21-24(19-27(33)34)28(35)38-29-31(20-25(37-29)12-11-22-7-3-1-4-8-22)26(23-9-5-2-6-10-23)13-14-30-15-17-36-18-16-30/h1-10,19,21,25-26,29H,11-18,20H2,(H,33,34)/b24-19+. The molecule has 0 amide bonds.